The van der Waals surface area contributed by atoms with Gasteiger partial charge < -0.3 is 20.3 Å². The van der Waals surface area contributed by atoms with Crippen LogP contribution in [0.15, 0.2) is 24.3 Å². The van der Waals surface area contributed by atoms with E-state index in [4.69, 9.17) is 5.73 Å². The molecule has 3 rings (SSSR count). The number of fused-ring (bicyclic) bond motifs is 1. The molecule has 138 valence electrons. The summed E-state index contributed by atoms with van der Waals surface area (Å²) in [6, 6.07) is 7.44. The van der Waals surface area contributed by atoms with Crippen molar-refractivity contribution in [3.8, 4) is 0 Å². The highest BCUT2D eigenvalue weighted by Crippen LogP contribution is 2.28. The summed E-state index contributed by atoms with van der Waals surface area (Å²) in [6.45, 7) is 3.35. The second-order valence-corrected chi connectivity index (χ2v) is 6.63. The van der Waals surface area contributed by atoms with Crippen LogP contribution in [-0.2, 0) is 22.6 Å². The number of carboxylic acids is 1. The molecule has 7 heteroatoms. The van der Waals surface area contributed by atoms with E-state index < -0.39 is 5.97 Å². The number of likely N-dealkylation sites (tertiary alicyclic amines) is 1. The standard InChI is InChI=1S/C19H23N3O4/c1-2-22-15-6-4-3-5-13(15)14(17(22)19(25)26)11-16(23)21-9-7-12(8-10-21)18(20)24/h3-6,12H,2,7-11H2,1H3,(H2,20,24)(H,25,26). The van der Waals surface area contributed by atoms with Crippen LogP contribution in [0.3, 0.4) is 0 Å². The molecule has 0 unspecified atom stereocenters. The van der Waals surface area contributed by atoms with Crippen molar-refractivity contribution in [3.63, 3.8) is 0 Å². The smallest absolute Gasteiger partial charge is 0.352 e. The predicted molar refractivity (Wildman–Crippen MR) is 96.8 cm³/mol. The molecule has 2 amide bonds. The molecule has 0 bridgehead atoms. The van der Waals surface area contributed by atoms with E-state index in [0.29, 0.717) is 38.0 Å². The molecule has 1 aromatic heterocycles. The SMILES string of the molecule is CCn1c(C(=O)O)c(CC(=O)N2CCC(C(N)=O)CC2)c2ccccc21. The average molecular weight is 357 g/mol. The first kappa shape index (κ1) is 18.0. The van der Waals surface area contributed by atoms with Gasteiger partial charge in [-0.2, -0.15) is 0 Å². The maximum Gasteiger partial charge on any atom is 0.352 e. The Morgan fingerprint density at radius 1 is 1.19 bits per heavy atom. The first-order valence-corrected chi connectivity index (χ1v) is 8.84. The summed E-state index contributed by atoms with van der Waals surface area (Å²) in [4.78, 5) is 37.6. The molecule has 1 aliphatic rings. The van der Waals surface area contributed by atoms with Crippen LogP contribution >= 0.6 is 0 Å². The summed E-state index contributed by atoms with van der Waals surface area (Å²) in [5, 5.41) is 10.5. The minimum Gasteiger partial charge on any atom is -0.477 e. The van der Waals surface area contributed by atoms with E-state index in [1.807, 2.05) is 31.2 Å². The minimum atomic E-state index is -1.03. The molecule has 0 radical (unpaired) electrons. The van der Waals surface area contributed by atoms with Gasteiger partial charge in [0, 0.05) is 42.0 Å². The number of primary amides is 1. The van der Waals surface area contributed by atoms with E-state index in [-0.39, 0.29) is 29.8 Å². The third-order valence-electron chi connectivity index (χ3n) is 5.17. The van der Waals surface area contributed by atoms with Crippen molar-refractivity contribution in [2.45, 2.75) is 32.7 Å². The number of para-hydroxylation sites is 1. The largest absolute Gasteiger partial charge is 0.477 e. The van der Waals surface area contributed by atoms with Crippen molar-refractivity contribution in [2.24, 2.45) is 11.7 Å². The van der Waals surface area contributed by atoms with E-state index in [1.54, 1.807) is 9.47 Å². The van der Waals surface area contributed by atoms with Crippen LogP contribution in [-0.4, -0.2) is 45.4 Å². The Labute approximate surface area is 151 Å². The summed E-state index contributed by atoms with van der Waals surface area (Å²) in [6.07, 6.45) is 1.16. The zero-order chi connectivity index (χ0) is 18.8. The van der Waals surface area contributed by atoms with Crippen LogP contribution in [0.4, 0.5) is 0 Å². The number of rotatable bonds is 5. The number of aromatic nitrogens is 1. The quantitative estimate of drug-likeness (QED) is 0.848. The Morgan fingerprint density at radius 2 is 1.85 bits per heavy atom. The highest BCUT2D eigenvalue weighted by atomic mass is 16.4. The second-order valence-electron chi connectivity index (χ2n) is 6.63. The highest BCUT2D eigenvalue weighted by Gasteiger charge is 2.28. The fourth-order valence-corrected chi connectivity index (χ4v) is 3.80. The summed E-state index contributed by atoms with van der Waals surface area (Å²) < 4.78 is 1.74. The summed E-state index contributed by atoms with van der Waals surface area (Å²) in [5.74, 6) is -1.65. The Morgan fingerprint density at radius 3 is 2.42 bits per heavy atom. The molecule has 1 aromatic carbocycles. The van der Waals surface area contributed by atoms with Crippen LogP contribution in [0.2, 0.25) is 0 Å². The van der Waals surface area contributed by atoms with Crippen molar-refractivity contribution < 1.29 is 19.5 Å². The zero-order valence-electron chi connectivity index (χ0n) is 14.8. The summed E-state index contributed by atoms with van der Waals surface area (Å²) in [7, 11) is 0. The third kappa shape index (κ3) is 3.16. The molecular formula is C19H23N3O4. The number of piperidine rings is 1. The number of benzene rings is 1. The van der Waals surface area contributed by atoms with Crippen molar-refractivity contribution in [3.05, 3.63) is 35.5 Å². The molecule has 1 aliphatic heterocycles. The molecule has 7 nitrogen and oxygen atoms in total. The van der Waals surface area contributed by atoms with Gasteiger partial charge in [0.2, 0.25) is 11.8 Å². The Bertz CT molecular complexity index is 863. The van der Waals surface area contributed by atoms with Gasteiger partial charge in [0.05, 0.1) is 6.42 Å². The van der Waals surface area contributed by atoms with Gasteiger partial charge >= 0.3 is 5.97 Å². The van der Waals surface area contributed by atoms with E-state index in [9.17, 15) is 19.5 Å². The number of amides is 2. The Balaban J connectivity index is 1.89. The van der Waals surface area contributed by atoms with Crippen molar-refractivity contribution >= 4 is 28.7 Å². The first-order chi connectivity index (χ1) is 12.4. The summed E-state index contributed by atoms with van der Waals surface area (Å²) >= 11 is 0. The lowest BCUT2D eigenvalue weighted by molar-refractivity contribution is -0.134. The molecule has 3 N–H and O–H groups in total. The fraction of sp³-hybridized carbons (Fsp3) is 0.421. The van der Waals surface area contributed by atoms with Crippen molar-refractivity contribution in [1.82, 2.24) is 9.47 Å². The summed E-state index contributed by atoms with van der Waals surface area (Å²) in [5.41, 5.74) is 6.89. The van der Waals surface area contributed by atoms with Crippen LogP contribution < -0.4 is 5.73 Å². The normalized spacial score (nSPS) is 15.3. The number of nitrogens with two attached hydrogens (primary N) is 1. The van der Waals surface area contributed by atoms with Gasteiger partial charge in [-0.15, -0.1) is 0 Å². The number of nitrogens with zero attached hydrogens (tertiary/aromatic N) is 2. The molecule has 2 aromatic rings. The van der Waals surface area contributed by atoms with Crippen LogP contribution in [0.25, 0.3) is 10.9 Å². The van der Waals surface area contributed by atoms with E-state index in [2.05, 4.69) is 0 Å². The minimum absolute atomic E-state index is 0.0381. The molecule has 0 spiro atoms. The van der Waals surface area contributed by atoms with Crippen LogP contribution in [0, 0.1) is 5.92 Å². The van der Waals surface area contributed by atoms with Gasteiger partial charge in [0.25, 0.3) is 0 Å². The lowest BCUT2D eigenvalue weighted by atomic mass is 9.95. The third-order valence-corrected chi connectivity index (χ3v) is 5.17. The van der Waals surface area contributed by atoms with Crippen molar-refractivity contribution in [1.29, 1.82) is 0 Å². The van der Waals surface area contributed by atoms with E-state index >= 15 is 0 Å². The lowest BCUT2D eigenvalue weighted by Crippen LogP contribution is -2.42. The topological polar surface area (TPSA) is 106 Å². The van der Waals surface area contributed by atoms with Gasteiger partial charge in [-0.25, -0.2) is 4.79 Å². The fourth-order valence-electron chi connectivity index (χ4n) is 3.80. The average Bonchev–Trinajstić information content (AvgIpc) is 2.95. The molecule has 0 saturated carbocycles. The first-order valence-electron chi connectivity index (χ1n) is 8.84. The number of carbonyl (C=O) groups is 3. The van der Waals surface area contributed by atoms with Gasteiger partial charge in [-0.1, -0.05) is 18.2 Å². The predicted octanol–water partition coefficient (Wildman–Crippen LogP) is 1.63. The molecule has 0 atom stereocenters. The van der Waals surface area contributed by atoms with Gasteiger partial charge in [0.15, 0.2) is 0 Å². The molecule has 2 heterocycles. The number of hydrogen-bond donors (Lipinski definition) is 2. The monoisotopic (exact) mass is 357 g/mol. The zero-order valence-corrected chi connectivity index (χ0v) is 14.8. The molecular weight excluding hydrogens is 334 g/mol. The number of carboxylic acid groups (broad SMARTS) is 1. The second kappa shape index (κ2) is 7.19. The van der Waals surface area contributed by atoms with Gasteiger partial charge in [-0.05, 0) is 25.8 Å². The lowest BCUT2D eigenvalue weighted by Gasteiger charge is -2.30. The number of carbonyl (C=O) groups excluding carboxylic acids is 2. The Hall–Kier alpha value is -2.83. The van der Waals surface area contributed by atoms with Crippen LogP contribution in [0.5, 0.6) is 0 Å². The maximum atomic E-state index is 12.8. The molecule has 26 heavy (non-hydrogen) atoms. The van der Waals surface area contributed by atoms with Gasteiger partial charge in [0.1, 0.15) is 5.69 Å². The van der Waals surface area contributed by atoms with Crippen molar-refractivity contribution in [2.75, 3.05) is 13.1 Å². The van der Waals surface area contributed by atoms with E-state index in [0.717, 1.165) is 10.9 Å². The highest BCUT2D eigenvalue weighted by molar-refractivity contribution is 6.00. The maximum absolute atomic E-state index is 12.8. The Kier molecular flexibility index (Phi) is 4.97. The van der Waals surface area contributed by atoms with Gasteiger partial charge in [-0.3, -0.25) is 9.59 Å². The number of hydrogen-bond acceptors (Lipinski definition) is 3. The molecule has 1 fully saturated rings. The molecule has 1 saturated heterocycles. The molecule has 0 aliphatic carbocycles. The number of aryl methyl sites for hydroxylation is 1. The van der Waals surface area contributed by atoms with E-state index in [1.165, 1.54) is 0 Å². The van der Waals surface area contributed by atoms with Crippen LogP contribution in [0.1, 0.15) is 35.8 Å². The number of aromatic carboxylic acids is 1.